The van der Waals surface area contributed by atoms with E-state index in [1.54, 1.807) is 12.1 Å². The Bertz CT molecular complexity index is 746. The van der Waals surface area contributed by atoms with Crippen LogP contribution >= 0.6 is 0 Å². The van der Waals surface area contributed by atoms with Gasteiger partial charge in [0, 0.05) is 17.8 Å². The van der Waals surface area contributed by atoms with E-state index in [4.69, 9.17) is 5.14 Å². The normalized spacial score (nSPS) is 13.0. The van der Waals surface area contributed by atoms with E-state index in [9.17, 15) is 17.2 Å². The van der Waals surface area contributed by atoms with Crippen molar-refractivity contribution >= 4 is 15.7 Å². The van der Waals surface area contributed by atoms with Gasteiger partial charge in [0.25, 0.3) is 0 Å². The Kier molecular flexibility index (Phi) is 4.24. The van der Waals surface area contributed by atoms with Crippen molar-refractivity contribution in [3.8, 4) is 0 Å². The zero-order valence-corrected chi connectivity index (χ0v) is 12.0. The molecule has 0 aliphatic rings. The van der Waals surface area contributed by atoms with Gasteiger partial charge in [-0.1, -0.05) is 12.1 Å². The molecule has 2 rings (SSSR count). The number of anilines is 1. The zero-order valence-electron chi connectivity index (χ0n) is 11.2. The number of hydrogen-bond donors (Lipinski definition) is 2. The van der Waals surface area contributed by atoms with E-state index in [0.29, 0.717) is 5.69 Å². The fourth-order valence-electron chi connectivity index (χ4n) is 1.87. The topological polar surface area (TPSA) is 72.2 Å². The Balaban J connectivity index is 2.16. The highest BCUT2D eigenvalue weighted by Gasteiger charge is 2.11. The van der Waals surface area contributed by atoms with Crippen molar-refractivity contribution in [1.82, 2.24) is 0 Å². The van der Waals surface area contributed by atoms with Crippen molar-refractivity contribution in [2.24, 2.45) is 5.14 Å². The summed E-state index contributed by atoms with van der Waals surface area (Å²) in [6, 6.07) is 9.31. The summed E-state index contributed by atoms with van der Waals surface area (Å²) in [6.45, 7) is 1.81. The predicted molar refractivity (Wildman–Crippen MR) is 76.2 cm³/mol. The average Bonchev–Trinajstić information content (AvgIpc) is 2.42. The van der Waals surface area contributed by atoms with Crippen LogP contribution in [0.25, 0.3) is 0 Å². The van der Waals surface area contributed by atoms with E-state index in [0.717, 1.165) is 17.7 Å². The quantitative estimate of drug-likeness (QED) is 0.912. The van der Waals surface area contributed by atoms with E-state index in [-0.39, 0.29) is 10.9 Å². The second-order valence-corrected chi connectivity index (χ2v) is 6.17. The lowest BCUT2D eigenvalue weighted by atomic mass is 10.1. The molecular formula is C14H14F2N2O2S. The highest BCUT2D eigenvalue weighted by Crippen LogP contribution is 2.21. The molecule has 3 N–H and O–H groups in total. The summed E-state index contributed by atoms with van der Waals surface area (Å²) < 4.78 is 48.3. The van der Waals surface area contributed by atoms with Crippen LogP contribution in [0.4, 0.5) is 14.5 Å². The van der Waals surface area contributed by atoms with Crippen molar-refractivity contribution in [3.05, 3.63) is 59.7 Å². The average molecular weight is 312 g/mol. The van der Waals surface area contributed by atoms with Crippen molar-refractivity contribution < 1.29 is 17.2 Å². The summed E-state index contributed by atoms with van der Waals surface area (Å²) >= 11 is 0. The van der Waals surface area contributed by atoms with Gasteiger partial charge in [-0.25, -0.2) is 22.3 Å². The molecule has 7 heteroatoms. The molecule has 21 heavy (non-hydrogen) atoms. The predicted octanol–water partition coefficient (Wildman–Crippen LogP) is 2.79. The highest BCUT2D eigenvalue weighted by molar-refractivity contribution is 7.89. The van der Waals surface area contributed by atoms with Crippen LogP contribution in [0.15, 0.2) is 47.4 Å². The lowest BCUT2D eigenvalue weighted by Crippen LogP contribution is -2.12. The largest absolute Gasteiger partial charge is 0.378 e. The van der Waals surface area contributed by atoms with Crippen LogP contribution < -0.4 is 10.5 Å². The fourth-order valence-corrected chi connectivity index (χ4v) is 2.38. The number of rotatable bonds is 4. The van der Waals surface area contributed by atoms with Crippen molar-refractivity contribution in [2.75, 3.05) is 5.32 Å². The number of nitrogens with one attached hydrogen (secondary N) is 1. The third kappa shape index (κ3) is 3.77. The molecule has 0 saturated carbocycles. The van der Waals surface area contributed by atoms with Crippen molar-refractivity contribution in [2.45, 2.75) is 17.9 Å². The first kappa shape index (κ1) is 15.4. The molecule has 0 aliphatic heterocycles. The maximum Gasteiger partial charge on any atom is 0.238 e. The van der Waals surface area contributed by atoms with Gasteiger partial charge in [0.2, 0.25) is 10.0 Å². The fraction of sp³-hybridized carbons (Fsp3) is 0.143. The molecule has 0 radical (unpaired) electrons. The van der Waals surface area contributed by atoms with Gasteiger partial charge in [-0.15, -0.1) is 0 Å². The van der Waals surface area contributed by atoms with Crippen LogP contribution in [0.3, 0.4) is 0 Å². The van der Waals surface area contributed by atoms with Crippen LogP contribution in [0.2, 0.25) is 0 Å². The molecule has 4 nitrogen and oxygen atoms in total. The third-order valence-corrected chi connectivity index (χ3v) is 3.94. The van der Waals surface area contributed by atoms with Gasteiger partial charge < -0.3 is 5.32 Å². The molecule has 0 spiro atoms. The monoisotopic (exact) mass is 312 g/mol. The number of halogens is 2. The smallest absolute Gasteiger partial charge is 0.238 e. The first-order chi connectivity index (χ1) is 9.77. The van der Waals surface area contributed by atoms with E-state index in [2.05, 4.69) is 5.32 Å². The van der Waals surface area contributed by atoms with Crippen molar-refractivity contribution in [1.29, 1.82) is 0 Å². The highest BCUT2D eigenvalue weighted by atomic mass is 32.2. The van der Waals surface area contributed by atoms with Crippen LogP contribution in [0.5, 0.6) is 0 Å². The molecule has 0 bridgehead atoms. The van der Waals surface area contributed by atoms with Gasteiger partial charge in [-0.3, -0.25) is 0 Å². The molecular weight excluding hydrogens is 298 g/mol. The van der Waals surface area contributed by atoms with E-state index in [1.165, 1.54) is 18.2 Å². The molecule has 0 amide bonds. The van der Waals surface area contributed by atoms with Gasteiger partial charge in [-0.05, 0) is 36.8 Å². The Labute approximate surface area is 121 Å². The molecule has 1 unspecified atom stereocenters. The number of benzene rings is 2. The van der Waals surface area contributed by atoms with Gasteiger partial charge in [-0.2, -0.15) is 0 Å². The first-order valence-electron chi connectivity index (χ1n) is 6.12. The van der Waals surface area contributed by atoms with Gasteiger partial charge >= 0.3 is 0 Å². The number of nitrogens with two attached hydrogens (primary N) is 1. The molecule has 2 aromatic rings. The zero-order chi connectivity index (χ0) is 15.6. The van der Waals surface area contributed by atoms with Crippen LogP contribution in [-0.4, -0.2) is 8.42 Å². The molecule has 112 valence electrons. The maximum absolute atomic E-state index is 13.1. The van der Waals surface area contributed by atoms with Gasteiger partial charge in [0.1, 0.15) is 0 Å². The third-order valence-electron chi connectivity index (χ3n) is 3.01. The Morgan fingerprint density at radius 1 is 1.05 bits per heavy atom. The van der Waals surface area contributed by atoms with Crippen LogP contribution in [0, 0.1) is 11.6 Å². The molecule has 0 heterocycles. The molecule has 0 saturated heterocycles. The van der Waals surface area contributed by atoms with Gasteiger partial charge in [0.15, 0.2) is 11.6 Å². The first-order valence-corrected chi connectivity index (χ1v) is 7.66. The summed E-state index contributed by atoms with van der Waals surface area (Å²) in [7, 11) is -3.73. The van der Waals surface area contributed by atoms with E-state index in [1.807, 2.05) is 6.92 Å². The van der Waals surface area contributed by atoms with E-state index >= 15 is 0 Å². The molecule has 1 atom stereocenters. The summed E-state index contributed by atoms with van der Waals surface area (Å²) in [4.78, 5) is 0.0197. The molecule has 2 aromatic carbocycles. The van der Waals surface area contributed by atoms with Crippen LogP contribution in [0.1, 0.15) is 18.5 Å². The molecule has 0 aliphatic carbocycles. The summed E-state index contributed by atoms with van der Waals surface area (Å²) in [5, 5.41) is 8.01. The minimum absolute atomic E-state index is 0.0197. The lowest BCUT2D eigenvalue weighted by Gasteiger charge is -2.16. The number of hydrogen-bond acceptors (Lipinski definition) is 3. The lowest BCUT2D eigenvalue weighted by molar-refractivity contribution is 0.509. The van der Waals surface area contributed by atoms with Crippen LogP contribution in [-0.2, 0) is 10.0 Å². The molecule has 0 fully saturated rings. The Morgan fingerprint density at radius 3 is 2.19 bits per heavy atom. The minimum atomic E-state index is -3.73. The minimum Gasteiger partial charge on any atom is -0.378 e. The van der Waals surface area contributed by atoms with E-state index < -0.39 is 21.7 Å². The maximum atomic E-state index is 13.1. The second kappa shape index (κ2) is 5.79. The molecule has 0 aromatic heterocycles. The number of primary sulfonamides is 1. The van der Waals surface area contributed by atoms with Gasteiger partial charge in [0.05, 0.1) is 4.90 Å². The summed E-state index contributed by atoms with van der Waals surface area (Å²) in [5.74, 6) is -1.84. The van der Waals surface area contributed by atoms with Crippen molar-refractivity contribution in [3.63, 3.8) is 0 Å². The summed E-state index contributed by atoms with van der Waals surface area (Å²) in [6.07, 6.45) is 0. The number of sulfonamides is 1. The second-order valence-electron chi connectivity index (χ2n) is 4.61. The Morgan fingerprint density at radius 2 is 1.67 bits per heavy atom. The Hall–Kier alpha value is -1.99. The SMILES string of the molecule is CC(Nc1ccc(F)c(F)c1)c1ccc(S(N)(=O)=O)cc1. The standard InChI is InChI=1S/C14H14F2N2O2S/c1-9(18-11-4-7-13(15)14(16)8-11)10-2-5-12(6-3-10)21(17,19)20/h2-9,18H,1H3,(H2,17,19,20). The summed E-state index contributed by atoms with van der Waals surface area (Å²) in [5.41, 5.74) is 1.21.